The van der Waals surface area contributed by atoms with Crippen LogP contribution in [0.3, 0.4) is 0 Å². The maximum absolute atomic E-state index is 13.6. The molecule has 6 heteroatoms. The first-order valence-electron chi connectivity index (χ1n) is 12.0. The van der Waals surface area contributed by atoms with E-state index in [9.17, 15) is 10.1 Å². The van der Waals surface area contributed by atoms with Gasteiger partial charge in [-0.2, -0.15) is 5.26 Å². The van der Waals surface area contributed by atoms with E-state index in [0.29, 0.717) is 27.7 Å². The van der Waals surface area contributed by atoms with Crippen LogP contribution in [0.1, 0.15) is 53.6 Å². The maximum atomic E-state index is 13.6. The molecule has 2 aromatic heterocycles. The fourth-order valence-corrected chi connectivity index (χ4v) is 5.97. The molecule has 0 unspecified atom stereocenters. The average molecular weight is 482 g/mol. The number of aromatic nitrogens is 1. The molecule has 0 radical (unpaired) electrons. The Morgan fingerprint density at radius 2 is 1.97 bits per heavy atom. The molecule has 0 aliphatic heterocycles. The van der Waals surface area contributed by atoms with Gasteiger partial charge in [0.05, 0.1) is 28.4 Å². The van der Waals surface area contributed by atoms with E-state index in [2.05, 4.69) is 18.3 Å². The number of benzene rings is 2. The predicted octanol–water partition coefficient (Wildman–Crippen LogP) is 7.00. The number of hydrogen-bond acceptors (Lipinski definition) is 5. The summed E-state index contributed by atoms with van der Waals surface area (Å²) in [5, 5.41) is 14.3. The lowest BCUT2D eigenvalue weighted by Crippen LogP contribution is -2.13. The molecule has 2 aromatic carbocycles. The lowest BCUT2D eigenvalue weighted by Gasteiger charge is -2.17. The third-order valence-electron chi connectivity index (χ3n) is 6.33. The van der Waals surface area contributed by atoms with Crippen LogP contribution in [0.25, 0.3) is 22.2 Å². The Kier molecular flexibility index (Phi) is 6.27. The van der Waals surface area contributed by atoms with Crippen LogP contribution in [0.15, 0.2) is 54.6 Å². The molecule has 5 rings (SSSR count). The van der Waals surface area contributed by atoms with Crippen LogP contribution >= 0.6 is 11.3 Å². The summed E-state index contributed by atoms with van der Waals surface area (Å²) >= 11 is 1.54. The summed E-state index contributed by atoms with van der Waals surface area (Å²) in [6.45, 7) is 6.22. The topological polar surface area (TPSA) is 75.0 Å². The number of amides is 1. The molecule has 1 N–H and O–H groups in total. The Balaban J connectivity index is 1.52. The summed E-state index contributed by atoms with van der Waals surface area (Å²) < 4.78 is 5.76. The number of fused-ring (bicyclic) bond motifs is 2. The van der Waals surface area contributed by atoms with Gasteiger partial charge in [0.15, 0.2) is 0 Å². The van der Waals surface area contributed by atoms with E-state index < -0.39 is 0 Å². The standard InChI is InChI=1S/C29H27N3O2S/c1-17(2)34-20-11-9-19(10-12-20)26-15-23(21-6-4-5-7-25(21)31-26)28(33)32-29-24(16-30)22-13-8-18(3)14-27(22)35-29/h4-7,9-12,15,17-18H,8,13-14H2,1-3H3,(H,32,33)/t18-/m0/s1. The van der Waals surface area contributed by atoms with E-state index >= 15 is 0 Å². The van der Waals surface area contributed by atoms with E-state index in [1.807, 2.05) is 68.4 Å². The molecule has 0 bridgehead atoms. The first-order chi connectivity index (χ1) is 16.9. The summed E-state index contributed by atoms with van der Waals surface area (Å²) in [5.74, 6) is 1.16. The van der Waals surface area contributed by atoms with Crippen molar-refractivity contribution in [3.05, 3.63) is 76.2 Å². The summed E-state index contributed by atoms with van der Waals surface area (Å²) in [7, 11) is 0. The molecule has 0 fully saturated rings. The number of para-hydroxylation sites is 1. The Morgan fingerprint density at radius 1 is 1.20 bits per heavy atom. The number of carbonyl (C=O) groups excluding carboxylic acids is 1. The van der Waals surface area contributed by atoms with Gasteiger partial charge in [-0.1, -0.05) is 25.1 Å². The third kappa shape index (κ3) is 4.65. The van der Waals surface area contributed by atoms with Crippen LogP contribution in [0.5, 0.6) is 5.75 Å². The highest BCUT2D eigenvalue weighted by molar-refractivity contribution is 7.16. The molecule has 0 saturated carbocycles. The summed E-state index contributed by atoms with van der Waals surface area (Å²) in [5.41, 5.74) is 4.62. The molecule has 2 heterocycles. The molecule has 4 aromatic rings. The Bertz CT molecular complexity index is 1450. The second-order valence-corrected chi connectivity index (χ2v) is 10.5. The van der Waals surface area contributed by atoms with Crippen molar-refractivity contribution in [1.29, 1.82) is 5.26 Å². The second kappa shape index (κ2) is 9.52. The zero-order valence-corrected chi connectivity index (χ0v) is 20.9. The Morgan fingerprint density at radius 3 is 2.71 bits per heavy atom. The molecule has 0 saturated heterocycles. The number of nitrogens with one attached hydrogen (secondary N) is 1. The molecule has 1 aliphatic carbocycles. The third-order valence-corrected chi connectivity index (χ3v) is 7.50. The van der Waals surface area contributed by atoms with E-state index in [1.165, 1.54) is 4.88 Å². The zero-order chi connectivity index (χ0) is 24.5. The van der Waals surface area contributed by atoms with Crippen molar-refractivity contribution in [3.8, 4) is 23.1 Å². The van der Waals surface area contributed by atoms with Crippen LogP contribution in [0, 0.1) is 17.2 Å². The fraction of sp³-hybridized carbons (Fsp3) is 0.276. The van der Waals surface area contributed by atoms with Gasteiger partial charge in [-0.15, -0.1) is 11.3 Å². The van der Waals surface area contributed by atoms with Crippen LogP contribution in [0.2, 0.25) is 0 Å². The lowest BCUT2D eigenvalue weighted by atomic mass is 9.88. The monoisotopic (exact) mass is 481 g/mol. The van der Waals surface area contributed by atoms with Crippen LogP contribution < -0.4 is 10.1 Å². The van der Waals surface area contributed by atoms with Crippen molar-refractivity contribution in [2.24, 2.45) is 5.92 Å². The number of rotatable bonds is 5. The zero-order valence-electron chi connectivity index (χ0n) is 20.1. The molecule has 1 amide bonds. The van der Waals surface area contributed by atoms with Gasteiger partial charge in [0.25, 0.3) is 5.91 Å². The highest BCUT2D eigenvalue weighted by Gasteiger charge is 2.25. The SMILES string of the molecule is CC(C)Oc1ccc(-c2cc(C(=O)Nc3sc4c(c3C#N)CC[C@H](C)C4)c3ccccc3n2)cc1. The number of anilines is 1. The molecule has 0 spiro atoms. The smallest absolute Gasteiger partial charge is 0.257 e. The molecular formula is C29H27N3O2S. The van der Waals surface area contributed by atoms with Crippen molar-refractivity contribution in [3.63, 3.8) is 0 Å². The van der Waals surface area contributed by atoms with Crippen molar-refractivity contribution < 1.29 is 9.53 Å². The average Bonchev–Trinajstić information content (AvgIpc) is 3.19. The normalized spacial score (nSPS) is 15.0. The number of hydrogen-bond donors (Lipinski definition) is 1. The Hall–Kier alpha value is -3.69. The number of thiophene rings is 1. The first kappa shape index (κ1) is 23.1. The van der Waals surface area contributed by atoms with Gasteiger partial charge in [-0.25, -0.2) is 4.98 Å². The molecule has 176 valence electrons. The summed E-state index contributed by atoms with van der Waals surface area (Å²) in [6.07, 6.45) is 3.03. The number of carbonyl (C=O) groups is 1. The lowest BCUT2D eigenvalue weighted by molar-refractivity contribution is 0.102. The van der Waals surface area contributed by atoms with E-state index in [-0.39, 0.29) is 12.0 Å². The highest BCUT2D eigenvalue weighted by Crippen LogP contribution is 2.39. The van der Waals surface area contributed by atoms with Gasteiger partial charge < -0.3 is 10.1 Å². The largest absolute Gasteiger partial charge is 0.491 e. The molecule has 35 heavy (non-hydrogen) atoms. The van der Waals surface area contributed by atoms with E-state index in [0.717, 1.165) is 47.0 Å². The van der Waals surface area contributed by atoms with Crippen LogP contribution in [0.4, 0.5) is 5.00 Å². The van der Waals surface area contributed by atoms with Crippen LogP contribution in [-0.2, 0) is 12.8 Å². The van der Waals surface area contributed by atoms with E-state index in [4.69, 9.17) is 9.72 Å². The van der Waals surface area contributed by atoms with Gasteiger partial charge >= 0.3 is 0 Å². The first-order valence-corrected chi connectivity index (χ1v) is 12.8. The van der Waals surface area contributed by atoms with Gasteiger partial charge in [0.1, 0.15) is 16.8 Å². The number of nitrogens with zero attached hydrogens (tertiary/aromatic N) is 2. The van der Waals surface area contributed by atoms with Crippen LogP contribution in [-0.4, -0.2) is 17.0 Å². The summed E-state index contributed by atoms with van der Waals surface area (Å²) in [4.78, 5) is 19.6. The van der Waals surface area contributed by atoms with Gasteiger partial charge in [0.2, 0.25) is 0 Å². The number of ether oxygens (including phenoxy) is 1. The maximum Gasteiger partial charge on any atom is 0.257 e. The van der Waals surface area contributed by atoms with Crippen molar-refractivity contribution in [1.82, 2.24) is 4.98 Å². The molecule has 1 aliphatic rings. The minimum Gasteiger partial charge on any atom is -0.491 e. The minimum atomic E-state index is -0.229. The fourth-order valence-electron chi connectivity index (χ4n) is 4.62. The second-order valence-electron chi connectivity index (χ2n) is 9.39. The molecule has 1 atom stereocenters. The molecular weight excluding hydrogens is 454 g/mol. The Labute approximate surface area is 209 Å². The number of pyridine rings is 1. The molecule has 5 nitrogen and oxygen atoms in total. The highest BCUT2D eigenvalue weighted by atomic mass is 32.1. The van der Waals surface area contributed by atoms with Crippen molar-refractivity contribution >= 4 is 33.1 Å². The number of nitriles is 1. The van der Waals surface area contributed by atoms with Crippen molar-refractivity contribution in [2.75, 3.05) is 5.32 Å². The quantitative estimate of drug-likeness (QED) is 0.333. The summed E-state index contributed by atoms with van der Waals surface area (Å²) in [6, 6.07) is 19.6. The van der Waals surface area contributed by atoms with Crippen molar-refractivity contribution in [2.45, 2.75) is 46.1 Å². The van der Waals surface area contributed by atoms with Gasteiger partial charge in [0, 0.05) is 15.8 Å². The van der Waals surface area contributed by atoms with Gasteiger partial charge in [-0.05, 0) is 81.0 Å². The minimum absolute atomic E-state index is 0.0966. The van der Waals surface area contributed by atoms with E-state index in [1.54, 1.807) is 11.3 Å². The van der Waals surface area contributed by atoms with Gasteiger partial charge in [-0.3, -0.25) is 4.79 Å². The predicted molar refractivity (Wildman–Crippen MR) is 141 cm³/mol.